The first-order valence-electron chi connectivity index (χ1n) is 10.3. The second kappa shape index (κ2) is 5.42. The van der Waals surface area contributed by atoms with Crippen molar-refractivity contribution >= 4 is 5.78 Å². The first-order valence-corrected chi connectivity index (χ1v) is 10.3. The standard InChI is InChI=1S/C23H30O2/c1-3-22-10-7-18-17-6-5-16(24)14-19(17)15(2)13-20(18)21(22)8-11-23(22)9-4-12-25-23/h4,9,14,17-18,20-21H,2-3,5-8,10-13H2,1H3/t17?,18?,20?,21?,22?,23-/m0/s1. The molecular weight excluding hydrogens is 308 g/mol. The van der Waals surface area contributed by atoms with Gasteiger partial charge in [-0.1, -0.05) is 31.2 Å². The summed E-state index contributed by atoms with van der Waals surface area (Å²) in [5.41, 5.74) is 2.91. The Morgan fingerprint density at radius 3 is 2.88 bits per heavy atom. The monoisotopic (exact) mass is 338 g/mol. The highest BCUT2D eigenvalue weighted by atomic mass is 16.5. The van der Waals surface area contributed by atoms with Gasteiger partial charge in [0.25, 0.3) is 0 Å². The highest BCUT2D eigenvalue weighted by Gasteiger charge is 2.64. The predicted octanol–water partition coefficient (Wildman–Crippen LogP) is 5.01. The Labute approximate surface area is 151 Å². The van der Waals surface area contributed by atoms with E-state index in [1.807, 2.05) is 6.08 Å². The van der Waals surface area contributed by atoms with E-state index >= 15 is 0 Å². The minimum Gasteiger partial charge on any atom is -0.366 e. The van der Waals surface area contributed by atoms with Gasteiger partial charge < -0.3 is 4.74 Å². The van der Waals surface area contributed by atoms with Gasteiger partial charge in [0.05, 0.1) is 12.2 Å². The van der Waals surface area contributed by atoms with Crippen LogP contribution in [-0.2, 0) is 9.53 Å². The molecule has 0 aromatic rings. The molecule has 2 heteroatoms. The van der Waals surface area contributed by atoms with E-state index in [9.17, 15) is 4.79 Å². The average molecular weight is 338 g/mol. The third-order valence-electron chi connectivity index (χ3n) is 8.65. The molecule has 0 aromatic carbocycles. The number of hydrogen-bond acceptors (Lipinski definition) is 2. The smallest absolute Gasteiger partial charge is 0.156 e. The molecule has 2 nitrogen and oxygen atoms in total. The van der Waals surface area contributed by atoms with Crippen LogP contribution in [-0.4, -0.2) is 18.0 Å². The average Bonchev–Trinajstić information content (AvgIpc) is 3.22. The minimum absolute atomic E-state index is 0.0113. The number of ether oxygens (including phenoxy) is 1. The fourth-order valence-electron chi connectivity index (χ4n) is 7.66. The van der Waals surface area contributed by atoms with Gasteiger partial charge in [-0.15, -0.1) is 0 Å². The summed E-state index contributed by atoms with van der Waals surface area (Å²) in [6.45, 7) is 7.60. The van der Waals surface area contributed by atoms with E-state index in [1.165, 1.54) is 43.3 Å². The molecule has 0 radical (unpaired) electrons. The number of fused-ring (bicyclic) bond motifs is 6. The number of rotatable bonds is 1. The van der Waals surface area contributed by atoms with Crippen LogP contribution in [0.25, 0.3) is 0 Å². The van der Waals surface area contributed by atoms with Gasteiger partial charge in [0.2, 0.25) is 0 Å². The van der Waals surface area contributed by atoms with Crippen molar-refractivity contribution in [1.29, 1.82) is 0 Å². The Morgan fingerprint density at radius 2 is 2.12 bits per heavy atom. The van der Waals surface area contributed by atoms with Crippen molar-refractivity contribution in [2.45, 2.75) is 63.9 Å². The Morgan fingerprint density at radius 1 is 1.24 bits per heavy atom. The maximum Gasteiger partial charge on any atom is 0.156 e. The van der Waals surface area contributed by atoms with Gasteiger partial charge >= 0.3 is 0 Å². The van der Waals surface area contributed by atoms with Crippen LogP contribution in [0.1, 0.15) is 58.3 Å². The normalized spacial score (nSPS) is 48.3. The molecule has 134 valence electrons. The molecule has 5 rings (SSSR count). The lowest BCUT2D eigenvalue weighted by Gasteiger charge is -2.57. The highest BCUT2D eigenvalue weighted by molar-refractivity contribution is 5.92. The van der Waals surface area contributed by atoms with E-state index in [-0.39, 0.29) is 5.60 Å². The van der Waals surface area contributed by atoms with Gasteiger partial charge in [-0.2, -0.15) is 0 Å². The summed E-state index contributed by atoms with van der Waals surface area (Å²) in [6, 6.07) is 0. The maximum atomic E-state index is 11.9. The third-order valence-corrected chi connectivity index (χ3v) is 8.65. The molecule has 6 atom stereocenters. The van der Waals surface area contributed by atoms with Crippen LogP contribution in [0.15, 0.2) is 36.0 Å². The van der Waals surface area contributed by atoms with Crippen molar-refractivity contribution in [2.75, 3.05) is 6.61 Å². The zero-order chi connectivity index (χ0) is 17.2. The van der Waals surface area contributed by atoms with Gasteiger partial charge in [0.15, 0.2) is 5.78 Å². The second-order valence-electron chi connectivity index (χ2n) is 9.14. The summed E-state index contributed by atoms with van der Waals surface area (Å²) in [7, 11) is 0. The lowest BCUT2D eigenvalue weighted by atomic mass is 9.49. The molecule has 5 unspecified atom stereocenters. The summed E-state index contributed by atoms with van der Waals surface area (Å²) >= 11 is 0. The van der Waals surface area contributed by atoms with Crippen molar-refractivity contribution in [2.24, 2.45) is 29.1 Å². The summed E-state index contributed by atoms with van der Waals surface area (Å²) in [4.78, 5) is 11.9. The zero-order valence-electron chi connectivity index (χ0n) is 15.4. The quantitative estimate of drug-likeness (QED) is 0.628. The van der Waals surface area contributed by atoms with Gasteiger partial charge in [-0.05, 0) is 80.3 Å². The van der Waals surface area contributed by atoms with E-state index in [1.54, 1.807) is 0 Å². The fourth-order valence-corrected chi connectivity index (χ4v) is 7.66. The molecule has 0 bridgehead atoms. The van der Waals surface area contributed by atoms with Crippen LogP contribution in [0.3, 0.4) is 0 Å². The molecule has 0 N–H and O–H groups in total. The molecular formula is C23H30O2. The molecule has 5 aliphatic rings. The second-order valence-corrected chi connectivity index (χ2v) is 9.14. The predicted molar refractivity (Wildman–Crippen MR) is 99.1 cm³/mol. The van der Waals surface area contributed by atoms with Gasteiger partial charge in [-0.25, -0.2) is 0 Å². The van der Waals surface area contributed by atoms with Gasteiger partial charge in [0.1, 0.15) is 0 Å². The molecule has 1 aliphatic heterocycles. The number of ketones is 1. The summed E-state index contributed by atoms with van der Waals surface area (Å²) in [5, 5.41) is 0. The summed E-state index contributed by atoms with van der Waals surface area (Å²) in [6.07, 6.45) is 15.8. The molecule has 4 aliphatic carbocycles. The highest BCUT2D eigenvalue weighted by Crippen LogP contribution is 2.68. The van der Waals surface area contributed by atoms with Gasteiger partial charge in [0, 0.05) is 11.8 Å². The van der Waals surface area contributed by atoms with Crippen LogP contribution < -0.4 is 0 Å². The molecule has 0 saturated heterocycles. The van der Waals surface area contributed by atoms with Crippen LogP contribution in [0.2, 0.25) is 0 Å². The maximum absolute atomic E-state index is 11.9. The minimum atomic E-state index is 0.0113. The summed E-state index contributed by atoms with van der Waals surface area (Å²) < 4.78 is 6.40. The lowest BCUT2D eigenvalue weighted by molar-refractivity contribution is -0.122. The molecule has 1 spiro atoms. The molecule has 0 aromatic heterocycles. The molecule has 1 heterocycles. The number of carbonyl (C=O) groups excluding carboxylic acids is 1. The fraction of sp³-hybridized carbons (Fsp3) is 0.696. The molecule has 0 amide bonds. The van der Waals surface area contributed by atoms with Gasteiger partial charge in [-0.3, -0.25) is 4.79 Å². The number of allylic oxidation sites excluding steroid dienone is 2. The Balaban J connectivity index is 1.52. The zero-order valence-corrected chi connectivity index (χ0v) is 15.4. The van der Waals surface area contributed by atoms with Crippen molar-refractivity contribution < 1.29 is 9.53 Å². The molecule has 25 heavy (non-hydrogen) atoms. The number of carbonyl (C=O) groups is 1. The molecule has 3 saturated carbocycles. The van der Waals surface area contributed by atoms with E-state index in [2.05, 4.69) is 25.7 Å². The summed E-state index contributed by atoms with van der Waals surface area (Å²) in [5.74, 6) is 3.17. The Kier molecular flexibility index (Phi) is 3.48. The van der Waals surface area contributed by atoms with Crippen LogP contribution in [0, 0.1) is 29.1 Å². The van der Waals surface area contributed by atoms with E-state index in [4.69, 9.17) is 4.74 Å². The first kappa shape index (κ1) is 16.1. The van der Waals surface area contributed by atoms with Crippen LogP contribution in [0.5, 0.6) is 0 Å². The third kappa shape index (κ3) is 1.98. The van der Waals surface area contributed by atoms with E-state index in [0.717, 1.165) is 43.6 Å². The van der Waals surface area contributed by atoms with Crippen LogP contribution >= 0.6 is 0 Å². The van der Waals surface area contributed by atoms with Crippen molar-refractivity contribution in [3.8, 4) is 0 Å². The van der Waals surface area contributed by atoms with Crippen LogP contribution in [0.4, 0.5) is 0 Å². The first-order chi connectivity index (χ1) is 12.1. The molecule has 3 fully saturated rings. The number of hydrogen-bond donors (Lipinski definition) is 0. The topological polar surface area (TPSA) is 26.3 Å². The largest absolute Gasteiger partial charge is 0.366 e. The van der Waals surface area contributed by atoms with Crippen molar-refractivity contribution in [3.63, 3.8) is 0 Å². The van der Waals surface area contributed by atoms with E-state index in [0.29, 0.717) is 17.1 Å². The van der Waals surface area contributed by atoms with Crippen molar-refractivity contribution in [1.82, 2.24) is 0 Å². The Bertz CT molecular complexity index is 686. The lowest BCUT2D eigenvalue weighted by Crippen LogP contribution is -2.53. The Hall–Kier alpha value is -1.15. The van der Waals surface area contributed by atoms with E-state index < -0.39 is 0 Å². The SMILES string of the molecule is C=C1CC2C(CCC3(CC)C2CC[C@@]32C=CCO2)C2CCC(=O)C=C12. The van der Waals surface area contributed by atoms with Crippen molar-refractivity contribution in [3.05, 3.63) is 36.0 Å².